The number of hydrogen-bond donors (Lipinski definition) is 8. The number of hydrogen-bond acceptors (Lipinski definition) is 8. The maximum absolute atomic E-state index is 10.8. The third kappa shape index (κ3) is 76.2. The Balaban J connectivity index is -0.000000267. The second-order valence-electron chi connectivity index (χ2n) is 22.0. The molecule has 0 saturated carbocycles. The molecule has 0 aromatic carbocycles. The molecule has 0 aliphatic heterocycles. The Kier molecular flexibility index (Phi) is 74.1. The van der Waals surface area contributed by atoms with Crippen LogP contribution in [0, 0.1) is 29.1 Å². The summed E-state index contributed by atoms with van der Waals surface area (Å²) in [5, 5.41) is 34.1. The van der Waals surface area contributed by atoms with E-state index in [1.165, 1.54) is 231 Å². The SMILES string of the molecule is CCCCCCCCCCC(C)CC(=O)S.CCCCCCCCCCC(C)CC(=O)S.CCCCCCCCCCC(C)CC(=O)S.CCCCCCCCCCC(C)CC(=O)S.OCC(CO)(CO)CO. The van der Waals surface area contributed by atoms with Crippen LogP contribution in [0.25, 0.3) is 0 Å². The lowest BCUT2D eigenvalue weighted by Gasteiger charge is -2.23. The van der Waals surface area contributed by atoms with Crippen molar-refractivity contribution in [3.63, 3.8) is 0 Å². The third-order valence-electron chi connectivity index (χ3n) is 13.6. The summed E-state index contributed by atoms with van der Waals surface area (Å²) in [5.74, 6) is 2.07. The molecule has 0 rings (SSSR count). The average Bonchev–Trinajstić information content (AvgIpc) is 3.33. The van der Waals surface area contributed by atoms with E-state index in [-0.39, 0.29) is 20.5 Å². The maximum Gasteiger partial charge on any atom is 0.186 e. The largest absolute Gasteiger partial charge is 0.396 e. The molecular formula is C61H124O8S4. The molecule has 4 unspecified atom stereocenters. The molecule has 0 fully saturated rings. The van der Waals surface area contributed by atoms with Crippen LogP contribution in [-0.2, 0) is 19.2 Å². The van der Waals surface area contributed by atoms with Gasteiger partial charge in [-0.15, -0.1) is 50.5 Å². The van der Waals surface area contributed by atoms with E-state index < -0.39 is 31.8 Å². The predicted octanol–water partition coefficient (Wildman–Crippen LogP) is 17.9. The molecule has 440 valence electrons. The quantitative estimate of drug-likeness (QED) is 0.0222. The summed E-state index contributed by atoms with van der Waals surface area (Å²) in [6, 6.07) is 0. The molecule has 73 heavy (non-hydrogen) atoms. The topological polar surface area (TPSA) is 149 Å². The highest BCUT2D eigenvalue weighted by Gasteiger charge is 2.26. The number of carbonyl (C=O) groups is 4. The van der Waals surface area contributed by atoms with Crippen LogP contribution in [0.3, 0.4) is 0 Å². The minimum absolute atomic E-state index is 0.0343. The second-order valence-corrected chi connectivity index (χ2v) is 24.0. The standard InChI is InChI=1S/4C14H28OS.C5H12O4/c4*1-3-4-5-6-7-8-9-10-11-13(2)12-14(15)16;6-1-5(2-7,3-8)4-9/h4*13H,3-12H2,1-2H3,(H,15,16);6-9H,1-4H2. The molecular weight excluding hydrogens is 989 g/mol. The zero-order valence-corrected chi connectivity index (χ0v) is 52.7. The molecule has 12 heteroatoms. The van der Waals surface area contributed by atoms with Crippen LogP contribution < -0.4 is 0 Å². The van der Waals surface area contributed by atoms with E-state index in [1.807, 2.05) is 0 Å². The fourth-order valence-electron chi connectivity index (χ4n) is 8.41. The van der Waals surface area contributed by atoms with Gasteiger partial charge >= 0.3 is 0 Å². The van der Waals surface area contributed by atoms with Crippen LogP contribution in [0.1, 0.15) is 312 Å². The van der Waals surface area contributed by atoms with Crippen molar-refractivity contribution in [2.24, 2.45) is 29.1 Å². The first-order chi connectivity index (χ1) is 34.9. The molecule has 0 aliphatic carbocycles. The van der Waals surface area contributed by atoms with Gasteiger partial charge in [0.25, 0.3) is 0 Å². The van der Waals surface area contributed by atoms with E-state index in [0.717, 1.165) is 0 Å². The minimum atomic E-state index is -1.11. The molecule has 0 spiro atoms. The van der Waals surface area contributed by atoms with Crippen LogP contribution in [0.4, 0.5) is 0 Å². The number of carbonyl (C=O) groups excluding carboxylic acids is 4. The predicted molar refractivity (Wildman–Crippen MR) is 331 cm³/mol. The zero-order valence-electron chi connectivity index (χ0n) is 49.1. The van der Waals surface area contributed by atoms with Gasteiger partial charge in [0.15, 0.2) is 20.5 Å². The van der Waals surface area contributed by atoms with Crippen molar-refractivity contribution in [2.45, 2.75) is 312 Å². The molecule has 0 heterocycles. The highest BCUT2D eigenvalue weighted by molar-refractivity contribution is 7.97. The first-order valence-corrected chi connectivity index (χ1v) is 32.0. The molecule has 0 radical (unpaired) electrons. The summed E-state index contributed by atoms with van der Waals surface area (Å²) in [6.07, 6.45) is 50.8. The molecule has 8 nitrogen and oxygen atoms in total. The van der Waals surface area contributed by atoms with Crippen molar-refractivity contribution < 1.29 is 39.6 Å². The van der Waals surface area contributed by atoms with Crippen LogP contribution in [0.2, 0.25) is 0 Å². The minimum Gasteiger partial charge on any atom is -0.396 e. The van der Waals surface area contributed by atoms with Gasteiger partial charge in [0, 0.05) is 25.7 Å². The normalized spacial score (nSPS) is 12.6. The smallest absolute Gasteiger partial charge is 0.186 e. The summed E-state index contributed by atoms with van der Waals surface area (Å²) in [7, 11) is 0. The Morgan fingerprint density at radius 2 is 0.425 bits per heavy atom. The first kappa shape index (κ1) is 81.8. The van der Waals surface area contributed by atoms with Gasteiger partial charge < -0.3 is 20.4 Å². The Morgan fingerprint density at radius 3 is 0.534 bits per heavy atom. The van der Waals surface area contributed by atoms with Crippen LogP contribution in [0.5, 0.6) is 0 Å². The Morgan fingerprint density at radius 1 is 0.288 bits per heavy atom. The third-order valence-corrected chi connectivity index (χ3v) is 14.4. The van der Waals surface area contributed by atoms with Gasteiger partial charge in [0.05, 0.1) is 31.8 Å². The van der Waals surface area contributed by atoms with Crippen molar-refractivity contribution in [2.75, 3.05) is 26.4 Å². The number of aliphatic hydroxyl groups excluding tert-OH is 4. The second kappa shape index (κ2) is 66.2. The van der Waals surface area contributed by atoms with Gasteiger partial charge in [0.1, 0.15) is 0 Å². The van der Waals surface area contributed by atoms with Crippen molar-refractivity contribution in [3.8, 4) is 0 Å². The molecule has 0 aliphatic rings. The molecule has 0 bridgehead atoms. The van der Waals surface area contributed by atoms with Gasteiger partial charge in [-0.2, -0.15) is 0 Å². The lowest BCUT2D eigenvalue weighted by atomic mass is 9.93. The summed E-state index contributed by atoms with van der Waals surface area (Å²) in [5.41, 5.74) is -1.11. The summed E-state index contributed by atoms with van der Waals surface area (Å²) >= 11 is 15.2. The first-order valence-electron chi connectivity index (χ1n) is 30.2. The summed E-state index contributed by atoms with van der Waals surface area (Å²) in [4.78, 5) is 43.0. The molecule has 4 atom stereocenters. The fourth-order valence-corrected chi connectivity index (χ4v) is 9.65. The summed E-state index contributed by atoms with van der Waals surface area (Å²) in [6.45, 7) is 16.0. The highest BCUT2D eigenvalue weighted by atomic mass is 32.1. The number of thiol groups is 4. The van der Waals surface area contributed by atoms with Gasteiger partial charge in [-0.3, -0.25) is 19.2 Å². The fraction of sp³-hybridized carbons (Fsp3) is 0.934. The molecule has 0 aromatic rings. The van der Waals surface area contributed by atoms with Gasteiger partial charge in [-0.05, 0) is 23.7 Å². The van der Waals surface area contributed by atoms with Gasteiger partial charge in [-0.1, -0.05) is 287 Å². The van der Waals surface area contributed by atoms with E-state index in [9.17, 15) is 19.2 Å². The van der Waals surface area contributed by atoms with E-state index in [4.69, 9.17) is 20.4 Å². The zero-order chi connectivity index (χ0) is 56.2. The Labute approximate surface area is 475 Å². The van der Waals surface area contributed by atoms with E-state index in [2.05, 4.69) is 106 Å². The number of rotatable bonds is 48. The van der Waals surface area contributed by atoms with E-state index >= 15 is 0 Å². The van der Waals surface area contributed by atoms with E-state index in [0.29, 0.717) is 49.4 Å². The van der Waals surface area contributed by atoms with E-state index in [1.54, 1.807) is 0 Å². The lowest BCUT2D eigenvalue weighted by molar-refractivity contribution is -0.112. The molecule has 0 aromatic heterocycles. The Hall–Kier alpha value is -0.0800. The number of aliphatic hydroxyl groups is 4. The molecule has 0 saturated heterocycles. The van der Waals surface area contributed by atoms with Crippen LogP contribution in [-0.4, -0.2) is 67.3 Å². The Bertz CT molecular complexity index is 972. The van der Waals surface area contributed by atoms with Crippen molar-refractivity contribution in [1.29, 1.82) is 0 Å². The maximum atomic E-state index is 10.8. The van der Waals surface area contributed by atoms with Crippen molar-refractivity contribution in [1.82, 2.24) is 0 Å². The molecule has 4 N–H and O–H groups in total. The van der Waals surface area contributed by atoms with Gasteiger partial charge in [-0.25, -0.2) is 0 Å². The number of unbranched alkanes of at least 4 members (excludes halogenated alkanes) is 28. The molecule has 0 amide bonds. The van der Waals surface area contributed by atoms with Gasteiger partial charge in [0.2, 0.25) is 0 Å². The average molecular weight is 1110 g/mol. The van der Waals surface area contributed by atoms with Crippen molar-refractivity contribution in [3.05, 3.63) is 0 Å². The lowest BCUT2D eigenvalue weighted by Crippen LogP contribution is -2.37. The monoisotopic (exact) mass is 1110 g/mol. The van der Waals surface area contributed by atoms with Crippen LogP contribution >= 0.6 is 50.5 Å². The summed E-state index contributed by atoms with van der Waals surface area (Å²) < 4.78 is 0. The highest BCUT2D eigenvalue weighted by Crippen LogP contribution is 2.20. The van der Waals surface area contributed by atoms with Crippen LogP contribution in [0.15, 0.2) is 0 Å². The van der Waals surface area contributed by atoms with Crippen molar-refractivity contribution >= 4 is 71.0 Å².